The topological polar surface area (TPSA) is 0 Å². The quantitative estimate of drug-likeness (QED) is 0.518. The van der Waals surface area contributed by atoms with Gasteiger partial charge in [-0.1, -0.05) is 61.4 Å². The molecule has 0 fully saturated rings. The molecule has 0 aromatic heterocycles. The Labute approximate surface area is 104 Å². The van der Waals surface area contributed by atoms with Crippen molar-refractivity contribution in [3.63, 3.8) is 0 Å². The third-order valence-corrected chi connectivity index (χ3v) is 2.52. The number of hydrogen-bond donors (Lipinski definition) is 0. The third kappa shape index (κ3) is 3.81. The van der Waals surface area contributed by atoms with Gasteiger partial charge in [0.1, 0.15) is 0 Å². The zero-order chi connectivity index (χ0) is 12.7. The smallest absolute Gasteiger partial charge is 0.0314 e. The van der Waals surface area contributed by atoms with Gasteiger partial charge in [-0.25, -0.2) is 0 Å². The summed E-state index contributed by atoms with van der Waals surface area (Å²) in [7, 11) is 0. The summed E-state index contributed by atoms with van der Waals surface area (Å²) < 4.78 is 0. The summed E-state index contributed by atoms with van der Waals surface area (Å²) in [5.74, 6) is 2.68. The fourth-order valence-electron chi connectivity index (χ4n) is 1.45. The molecule has 0 heterocycles. The molecule has 0 spiro atoms. The summed E-state index contributed by atoms with van der Waals surface area (Å²) in [5, 5.41) is 0. The van der Waals surface area contributed by atoms with Crippen LogP contribution in [0.15, 0.2) is 54.6 Å². The standard InChI is InChI=1S/C17H18/c1-5-7-8-9-16(6-2)15(4)17-12-10-14(3)11-13-17/h2,7-13H,4-5H2,1,3H3/b8-7-,16-9+. The van der Waals surface area contributed by atoms with Gasteiger partial charge in [0.2, 0.25) is 0 Å². The van der Waals surface area contributed by atoms with Crippen molar-refractivity contribution in [2.24, 2.45) is 0 Å². The number of benzene rings is 1. The summed E-state index contributed by atoms with van der Waals surface area (Å²) in [4.78, 5) is 0. The molecule has 0 nitrogen and oxygen atoms in total. The second-order valence-electron chi connectivity index (χ2n) is 3.91. The van der Waals surface area contributed by atoms with E-state index in [0.29, 0.717) is 0 Å². The highest BCUT2D eigenvalue weighted by molar-refractivity contribution is 5.82. The van der Waals surface area contributed by atoms with Crippen LogP contribution in [-0.4, -0.2) is 0 Å². The van der Waals surface area contributed by atoms with Crippen LogP contribution >= 0.6 is 0 Å². The zero-order valence-corrected chi connectivity index (χ0v) is 10.5. The number of allylic oxidation sites excluding steroid dienone is 5. The Hall–Kier alpha value is -2.00. The molecule has 17 heavy (non-hydrogen) atoms. The lowest BCUT2D eigenvalue weighted by molar-refractivity contribution is 1.22. The average molecular weight is 222 g/mol. The molecule has 0 amide bonds. The second kappa shape index (κ2) is 6.55. The van der Waals surface area contributed by atoms with Gasteiger partial charge in [0.05, 0.1) is 0 Å². The number of terminal acetylenes is 1. The van der Waals surface area contributed by atoms with Crippen LogP contribution in [0.4, 0.5) is 0 Å². The molecule has 0 radical (unpaired) electrons. The molecule has 0 aliphatic carbocycles. The van der Waals surface area contributed by atoms with Gasteiger partial charge in [0.15, 0.2) is 0 Å². The van der Waals surface area contributed by atoms with Crippen LogP contribution in [0.2, 0.25) is 0 Å². The molecule has 0 aliphatic heterocycles. The lowest BCUT2D eigenvalue weighted by Crippen LogP contribution is -1.86. The third-order valence-electron chi connectivity index (χ3n) is 2.52. The van der Waals surface area contributed by atoms with Gasteiger partial charge in [-0.2, -0.15) is 0 Å². The Morgan fingerprint density at radius 2 is 2.00 bits per heavy atom. The number of rotatable bonds is 4. The molecule has 0 saturated carbocycles. The summed E-state index contributed by atoms with van der Waals surface area (Å²) in [6.07, 6.45) is 12.5. The molecule has 1 aromatic carbocycles. The van der Waals surface area contributed by atoms with E-state index in [1.807, 2.05) is 24.3 Å². The maximum absolute atomic E-state index is 5.51. The van der Waals surface area contributed by atoms with Gasteiger partial charge in [-0.15, -0.1) is 6.42 Å². The van der Waals surface area contributed by atoms with Crippen LogP contribution in [0.25, 0.3) is 5.57 Å². The summed E-state index contributed by atoms with van der Waals surface area (Å²) in [5.41, 5.74) is 4.04. The highest BCUT2D eigenvalue weighted by Crippen LogP contribution is 2.21. The molecule has 0 atom stereocenters. The first kappa shape index (κ1) is 13.1. The van der Waals surface area contributed by atoms with Gasteiger partial charge in [0.25, 0.3) is 0 Å². The lowest BCUT2D eigenvalue weighted by Gasteiger charge is -2.05. The molecule has 1 rings (SSSR count). The fraction of sp³-hybridized carbons (Fsp3) is 0.176. The van der Waals surface area contributed by atoms with Crippen LogP contribution in [0.1, 0.15) is 24.5 Å². The van der Waals surface area contributed by atoms with Crippen LogP contribution in [0.5, 0.6) is 0 Å². The first-order chi connectivity index (χ1) is 8.19. The molecule has 0 heteroatoms. The van der Waals surface area contributed by atoms with Crippen LogP contribution in [0, 0.1) is 19.3 Å². The fourth-order valence-corrected chi connectivity index (χ4v) is 1.45. The van der Waals surface area contributed by atoms with E-state index in [1.54, 1.807) is 0 Å². The van der Waals surface area contributed by atoms with E-state index in [9.17, 15) is 0 Å². The molecule has 0 saturated heterocycles. The Morgan fingerprint density at radius 3 is 2.53 bits per heavy atom. The normalized spacial score (nSPS) is 11.5. The Morgan fingerprint density at radius 1 is 1.35 bits per heavy atom. The van der Waals surface area contributed by atoms with Crippen molar-refractivity contribution in [1.29, 1.82) is 0 Å². The first-order valence-electron chi connectivity index (χ1n) is 5.78. The van der Waals surface area contributed by atoms with Gasteiger partial charge in [-0.3, -0.25) is 0 Å². The molecular weight excluding hydrogens is 204 g/mol. The molecule has 86 valence electrons. The van der Waals surface area contributed by atoms with Crippen molar-refractivity contribution in [3.8, 4) is 12.3 Å². The SMILES string of the molecule is C#C/C(=C\C=C/CC)C(=C)c1ccc(C)cc1. The summed E-state index contributed by atoms with van der Waals surface area (Å²) in [6.45, 7) is 8.22. The van der Waals surface area contributed by atoms with E-state index in [-0.39, 0.29) is 0 Å². The molecule has 1 aromatic rings. The minimum atomic E-state index is 0.832. The zero-order valence-electron chi connectivity index (χ0n) is 10.5. The predicted octanol–water partition coefficient (Wildman–Crippen LogP) is 4.53. The van der Waals surface area contributed by atoms with Crippen molar-refractivity contribution in [2.75, 3.05) is 0 Å². The Kier molecular flexibility index (Phi) is 5.04. The predicted molar refractivity (Wildman–Crippen MR) is 76.6 cm³/mol. The monoisotopic (exact) mass is 222 g/mol. The van der Waals surface area contributed by atoms with E-state index in [0.717, 1.165) is 23.1 Å². The van der Waals surface area contributed by atoms with Gasteiger partial charge in [-0.05, 0) is 30.6 Å². The van der Waals surface area contributed by atoms with Gasteiger partial charge in [0, 0.05) is 5.57 Å². The minimum absolute atomic E-state index is 0.832. The maximum Gasteiger partial charge on any atom is 0.0314 e. The number of hydrogen-bond acceptors (Lipinski definition) is 0. The van der Waals surface area contributed by atoms with Crippen LogP contribution in [0.3, 0.4) is 0 Å². The van der Waals surface area contributed by atoms with Crippen molar-refractivity contribution in [1.82, 2.24) is 0 Å². The molecular formula is C17H18. The average Bonchev–Trinajstić information content (AvgIpc) is 2.35. The number of aryl methyl sites for hydroxylation is 1. The lowest BCUT2D eigenvalue weighted by atomic mass is 9.99. The highest BCUT2D eigenvalue weighted by Gasteiger charge is 2.01. The minimum Gasteiger partial charge on any atom is -0.115 e. The van der Waals surface area contributed by atoms with Gasteiger partial charge >= 0.3 is 0 Å². The van der Waals surface area contributed by atoms with Crippen molar-refractivity contribution >= 4 is 5.57 Å². The molecule has 0 N–H and O–H groups in total. The maximum atomic E-state index is 5.51. The summed E-state index contributed by atoms with van der Waals surface area (Å²) in [6, 6.07) is 8.23. The van der Waals surface area contributed by atoms with E-state index in [4.69, 9.17) is 6.42 Å². The van der Waals surface area contributed by atoms with E-state index in [1.165, 1.54) is 5.56 Å². The molecule has 0 bridgehead atoms. The van der Waals surface area contributed by atoms with Crippen LogP contribution < -0.4 is 0 Å². The van der Waals surface area contributed by atoms with E-state index >= 15 is 0 Å². The Balaban J connectivity index is 2.95. The van der Waals surface area contributed by atoms with Crippen molar-refractivity contribution < 1.29 is 0 Å². The molecule has 0 unspecified atom stereocenters. The largest absolute Gasteiger partial charge is 0.115 e. The van der Waals surface area contributed by atoms with Gasteiger partial charge < -0.3 is 0 Å². The molecule has 0 aliphatic rings. The van der Waals surface area contributed by atoms with E-state index < -0.39 is 0 Å². The second-order valence-corrected chi connectivity index (χ2v) is 3.91. The highest BCUT2D eigenvalue weighted by atomic mass is 14.0. The van der Waals surface area contributed by atoms with Crippen LogP contribution in [-0.2, 0) is 0 Å². The van der Waals surface area contributed by atoms with E-state index in [2.05, 4.69) is 44.6 Å². The van der Waals surface area contributed by atoms with Crippen molar-refractivity contribution in [3.05, 3.63) is 65.8 Å². The first-order valence-corrected chi connectivity index (χ1v) is 5.78. The Bertz CT molecular complexity index is 476. The van der Waals surface area contributed by atoms with Crippen molar-refractivity contribution in [2.45, 2.75) is 20.3 Å². The summed E-state index contributed by atoms with van der Waals surface area (Å²) >= 11 is 0.